The van der Waals surface area contributed by atoms with Crippen molar-refractivity contribution < 1.29 is 18.0 Å². The molecule has 1 heterocycles. The van der Waals surface area contributed by atoms with E-state index in [2.05, 4.69) is 10.0 Å². The number of nitrogen functional groups attached to an aromatic ring is 1. The molecule has 1 aliphatic rings. The van der Waals surface area contributed by atoms with E-state index in [0.717, 1.165) is 16.7 Å². The lowest BCUT2D eigenvalue weighted by molar-refractivity contribution is -0.149. The smallest absolute Gasteiger partial charge is 0.275 e. The monoisotopic (exact) mass is 534 g/mol. The third-order valence-corrected chi connectivity index (χ3v) is 7.13. The Morgan fingerprint density at radius 2 is 1.50 bits per heavy atom. The predicted molar refractivity (Wildman–Crippen MR) is 144 cm³/mol. The zero-order valence-corrected chi connectivity index (χ0v) is 21.4. The zero-order valence-electron chi connectivity index (χ0n) is 20.6. The third kappa shape index (κ3) is 6.43. The van der Waals surface area contributed by atoms with Crippen molar-refractivity contribution in [2.75, 3.05) is 6.54 Å². The van der Waals surface area contributed by atoms with E-state index in [4.69, 9.17) is 16.3 Å². The van der Waals surface area contributed by atoms with Crippen molar-refractivity contribution in [2.45, 2.75) is 31.0 Å². The summed E-state index contributed by atoms with van der Waals surface area (Å²) < 4.78 is 26.7. The topological polar surface area (TPSA) is 171 Å². The zero-order chi connectivity index (χ0) is 27.3. The second kappa shape index (κ2) is 11.5. The van der Waals surface area contributed by atoms with Gasteiger partial charge in [-0.2, -0.15) is 13.1 Å². The van der Waals surface area contributed by atoms with Gasteiger partial charge in [0.15, 0.2) is 0 Å². The molecule has 2 amide bonds. The lowest BCUT2D eigenvalue weighted by Crippen LogP contribution is -2.63. The second-order valence-electron chi connectivity index (χ2n) is 9.10. The van der Waals surface area contributed by atoms with Crippen molar-refractivity contribution in [2.24, 2.45) is 10.9 Å². The van der Waals surface area contributed by atoms with Crippen molar-refractivity contribution >= 4 is 27.9 Å². The van der Waals surface area contributed by atoms with Gasteiger partial charge >= 0.3 is 0 Å². The molecule has 38 heavy (non-hydrogen) atoms. The number of benzene rings is 3. The van der Waals surface area contributed by atoms with Crippen LogP contribution in [0.25, 0.3) is 0 Å². The fourth-order valence-electron chi connectivity index (χ4n) is 4.55. The fourth-order valence-corrected chi connectivity index (χ4v) is 5.14. The van der Waals surface area contributed by atoms with Gasteiger partial charge in [0.25, 0.3) is 10.2 Å². The number of amidine groups is 1. The number of hydrogen-bond donors (Lipinski definition) is 5. The van der Waals surface area contributed by atoms with Crippen molar-refractivity contribution in [3.05, 3.63) is 107 Å². The van der Waals surface area contributed by atoms with E-state index in [1.165, 1.54) is 4.90 Å². The molecule has 0 saturated carbocycles. The Morgan fingerprint density at radius 1 is 0.947 bits per heavy atom. The number of nitrogens with zero attached hydrogens (tertiary/aromatic N) is 1. The summed E-state index contributed by atoms with van der Waals surface area (Å²) in [6.07, 6.45) is 0.449. The van der Waals surface area contributed by atoms with E-state index in [0.29, 0.717) is 18.5 Å². The molecule has 1 fully saturated rings. The quantitative estimate of drug-likeness (QED) is 0.194. The third-order valence-electron chi connectivity index (χ3n) is 6.55. The highest BCUT2D eigenvalue weighted by atomic mass is 32.2. The molecule has 3 aromatic rings. The van der Waals surface area contributed by atoms with Gasteiger partial charge in [-0.1, -0.05) is 84.9 Å². The van der Waals surface area contributed by atoms with E-state index in [1.54, 1.807) is 24.3 Å². The average Bonchev–Trinajstić information content (AvgIpc) is 2.87. The Hall–Kier alpha value is -4.06. The molecule has 0 bridgehead atoms. The van der Waals surface area contributed by atoms with Gasteiger partial charge in [-0.05, 0) is 23.1 Å². The Labute approximate surface area is 221 Å². The summed E-state index contributed by atoms with van der Waals surface area (Å²) in [7, 11) is -4.26. The lowest BCUT2D eigenvalue weighted by atomic mass is 9.84. The summed E-state index contributed by atoms with van der Waals surface area (Å²) in [5.41, 5.74) is 8.32. The molecule has 198 valence electrons. The van der Waals surface area contributed by atoms with Crippen LogP contribution in [-0.4, -0.2) is 49.6 Å². The van der Waals surface area contributed by atoms with Crippen molar-refractivity contribution in [1.29, 1.82) is 5.41 Å². The number of likely N-dealkylation sites (tertiary alicyclic amines) is 1. The molecule has 1 aliphatic heterocycles. The van der Waals surface area contributed by atoms with Crippen LogP contribution >= 0.6 is 0 Å². The van der Waals surface area contributed by atoms with Gasteiger partial charge in [0, 0.05) is 24.6 Å². The van der Waals surface area contributed by atoms with E-state index >= 15 is 0 Å². The maximum atomic E-state index is 13.8. The number of amides is 2. The molecule has 0 unspecified atom stereocenters. The van der Waals surface area contributed by atoms with Gasteiger partial charge in [-0.15, -0.1) is 0 Å². The number of hydrogen-bond acceptors (Lipinski definition) is 5. The first-order valence-corrected chi connectivity index (χ1v) is 13.6. The maximum Gasteiger partial charge on any atom is 0.275 e. The summed E-state index contributed by atoms with van der Waals surface area (Å²) in [6, 6.07) is 23.1. The summed E-state index contributed by atoms with van der Waals surface area (Å²) in [6.45, 7) is 0.536. The molecule has 0 radical (unpaired) electrons. The molecule has 0 spiro atoms. The Morgan fingerprint density at radius 3 is 1.95 bits per heavy atom. The highest BCUT2D eigenvalue weighted by molar-refractivity contribution is 7.87. The average molecular weight is 535 g/mol. The SMILES string of the molecule is N=C(N)c1ccc(CNC(=O)[C@@H]2CCN2C(=O)[C@H](NS(N)(=O)=O)C(c2ccccc2)c2ccccc2)cc1. The number of carbonyl (C=O) groups excluding carboxylic acids is 2. The molecule has 2 atom stereocenters. The molecule has 4 rings (SSSR count). The van der Waals surface area contributed by atoms with Crippen LogP contribution in [0.3, 0.4) is 0 Å². The first kappa shape index (κ1) is 27.0. The normalized spacial score (nSPS) is 15.9. The summed E-state index contributed by atoms with van der Waals surface area (Å²) in [5, 5.41) is 15.7. The van der Waals surface area contributed by atoms with Crippen LogP contribution in [-0.2, 0) is 26.3 Å². The van der Waals surface area contributed by atoms with Crippen molar-refractivity contribution in [1.82, 2.24) is 14.9 Å². The highest BCUT2D eigenvalue weighted by Gasteiger charge is 2.44. The Balaban J connectivity index is 1.55. The summed E-state index contributed by atoms with van der Waals surface area (Å²) in [5.74, 6) is -1.59. The minimum absolute atomic E-state index is 0.0452. The van der Waals surface area contributed by atoms with Gasteiger partial charge in [-0.25, -0.2) is 5.14 Å². The van der Waals surface area contributed by atoms with Gasteiger partial charge in [-0.3, -0.25) is 15.0 Å². The van der Waals surface area contributed by atoms with Gasteiger partial charge in [0.05, 0.1) is 0 Å². The fraction of sp³-hybridized carbons (Fsp3) is 0.222. The van der Waals surface area contributed by atoms with E-state index < -0.39 is 34.1 Å². The van der Waals surface area contributed by atoms with E-state index in [9.17, 15) is 18.0 Å². The van der Waals surface area contributed by atoms with Crippen LogP contribution in [0.4, 0.5) is 0 Å². The molecule has 0 aromatic heterocycles. The molecule has 11 heteroatoms. The molecule has 7 N–H and O–H groups in total. The van der Waals surface area contributed by atoms with Crippen LogP contribution in [0.2, 0.25) is 0 Å². The van der Waals surface area contributed by atoms with Gasteiger partial charge < -0.3 is 16.0 Å². The largest absolute Gasteiger partial charge is 0.384 e. The highest BCUT2D eigenvalue weighted by Crippen LogP contribution is 2.31. The van der Waals surface area contributed by atoms with Crippen molar-refractivity contribution in [3.8, 4) is 0 Å². The number of nitrogens with one attached hydrogen (secondary N) is 3. The van der Waals surface area contributed by atoms with Crippen LogP contribution in [0, 0.1) is 5.41 Å². The van der Waals surface area contributed by atoms with Gasteiger partial charge in [0.1, 0.15) is 17.9 Å². The van der Waals surface area contributed by atoms with Crippen molar-refractivity contribution in [3.63, 3.8) is 0 Å². The van der Waals surface area contributed by atoms with Crippen LogP contribution < -0.4 is 20.9 Å². The molecule has 10 nitrogen and oxygen atoms in total. The van der Waals surface area contributed by atoms with Crippen LogP contribution in [0.5, 0.6) is 0 Å². The minimum Gasteiger partial charge on any atom is -0.384 e. The Bertz CT molecular complexity index is 1360. The molecular weight excluding hydrogens is 504 g/mol. The van der Waals surface area contributed by atoms with Crippen LogP contribution in [0.1, 0.15) is 34.6 Å². The minimum atomic E-state index is -4.26. The van der Waals surface area contributed by atoms with E-state index in [-0.39, 0.29) is 18.3 Å². The molecule has 1 saturated heterocycles. The van der Waals surface area contributed by atoms with E-state index in [1.807, 2.05) is 60.7 Å². The maximum absolute atomic E-state index is 13.8. The second-order valence-corrected chi connectivity index (χ2v) is 10.4. The lowest BCUT2D eigenvalue weighted by Gasteiger charge is -2.42. The Kier molecular flexibility index (Phi) is 8.20. The number of carbonyl (C=O) groups is 2. The summed E-state index contributed by atoms with van der Waals surface area (Å²) in [4.78, 5) is 28.2. The van der Waals surface area contributed by atoms with Gasteiger partial charge in [0.2, 0.25) is 11.8 Å². The standard InChI is InChI=1S/C27H30N6O4S/c28-25(29)21-13-11-18(12-14-21)17-31-26(34)22-15-16-33(22)27(35)24(32-38(30,36)37)23(19-7-3-1-4-8-19)20-9-5-2-6-10-20/h1-14,22-24,32H,15-17H2,(H3,28,29)(H,31,34)(H2,30,36,37)/t22-,24+/m0/s1. The molecule has 0 aliphatic carbocycles. The summed E-state index contributed by atoms with van der Waals surface area (Å²) >= 11 is 0. The first-order chi connectivity index (χ1) is 18.1. The number of rotatable bonds is 10. The predicted octanol–water partition coefficient (Wildman–Crippen LogP) is 1.18. The van der Waals surface area contributed by atoms with Crippen LogP contribution in [0.15, 0.2) is 84.9 Å². The first-order valence-electron chi connectivity index (χ1n) is 12.1. The molecule has 3 aromatic carbocycles. The molecular formula is C27H30N6O4S. The number of nitrogens with two attached hydrogens (primary N) is 2.